The number of carbonyl (C=O) groups is 1. The SMILES string of the molecule is O=C(Nc1ccc(I)cc1)C1CNNC1c1ccc(F)cc1. The summed E-state index contributed by atoms with van der Waals surface area (Å²) in [6.45, 7) is 0.526. The molecule has 1 fully saturated rings. The maximum absolute atomic E-state index is 13.0. The van der Waals surface area contributed by atoms with Gasteiger partial charge in [0, 0.05) is 15.8 Å². The molecule has 1 amide bonds. The second kappa shape index (κ2) is 6.72. The van der Waals surface area contributed by atoms with E-state index in [1.807, 2.05) is 24.3 Å². The summed E-state index contributed by atoms with van der Waals surface area (Å²) >= 11 is 2.22. The van der Waals surface area contributed by atoms with Gasteiger partial charge >= 0.3 is 0 Å². The highest BCUT2D eigenvalue weighted by Crippen LogP contribution is 2.26. The smallest absolute Gasteiger partial charge is 0.230 e. The molecule has 0 saturated carbocycles. The summed E-state index contributed by atoms with van der Waals surface area (Å²) < 4.78 is 14.1. The van der Waals surface area contributed by atoms with Gasteiger partial charge in [0.1, 0.15) is 5.82 Å². The Morgan fingerprint density at radius 3 is 2.50 bits per heavy atom. The summed E-state index contributed by atoms with van der Waals surface area (Å²) in [5, 5.41) is 2.93. The van der Waals surface area contributed by atoms with Gasteiger partial charge in [-0.25, -0.2) is 9.82 Å². The summed E-state index contributed by atoms with van der Waals surface area (Å²) in [6.07, 6.45) is 0. The van der Waals surface area contributed by atoms with E-state index in [-0.39, 0.29) is 23.7 Å². The van der Waals surface area contributed by atoms with Gasteiger partial charge in [0.05, 0.1) is 12.0 Å². The highest BCUT2D eigenvalue weighted by atomic mass is 127. The van der Waals surface area contributed by atoms with E-state index in [9.17, 15) is 9.18 Å². The van der Waals surface area contributed by atoms with Gasteiger partial charge in [0.25, 0.3) is 0 Å². The fourth-order valence-corrected chi connectivity index (χ4v) is 2.85. The molecule has 1 aliphatic heterocycles. The lowest BCUT2D eigenvalue weighted by molar-refractivity contribution is -0.119. The molecule has 4 nitrogen and oxygen atoms in total. The van der Waals surface area contributed by atoms with Gasteiger partial charge in [-0.15, -0.1) is 0 Å². The van der Waals surface area contributed by atoms with Crippen LogP contribution in [0.4, 0.5) is 10.1 Å². The van der Waals surface area contributed by atoms with Gasteiger partial charge in [0.2, 0.25) is 5.91 Å². The van der Waals surface area contributed by atoms with Crippen LogP contribution in [0.1, 0.15) is 11.6 Å². The van der Waals surface area contributed by atoms with Crippen LogP contribution in [0.15, 0.2) is 48.5 Å². The number of rotatable bonds is 3. The largest absolute Gasteiger partial charge is 0.326 e. The van der Waals surface area contributed by atoms with Gasteiger partial charge in [0.15, 0.2) is 0 Å². The van der Waals surface area contributed by atoms with Gasteiger partial charge in [-0.3, -0.25) is 10.2 Å². The highest BCUT2D eigenvalue weighted by Gasteiger charge is 2.33. The number of anilines is 1. The van der Waals surface area contributed by atoms with Crippen LogP contribution in [-0.2, 0) is 4.79 Å². The Kier molecular flexibility index (Phi) is 4.70. The Labute approximate surface area is 141 Å². The molecule has 6 heteroatoms. The summed E-state index contributed by atoms with van der Waals surface area (Å²) in [7, 11) is 0. The zero-order valence-corrected chi connectivity index (χ0v) is 13.8. The summed E-state index contributed by atoms with van der Waals surface area (Å²) in [5.74, 6) is -0.604. The number of halogens is 2. The van der Waals surface area contributed by atoms with Crippen LogP contribution in [-0.4, -0.2) is 12.5 Å². The minimum atomic E-state index is -0.283. The van der Waals surface area contributed by atoms with E-state index in [0.717, 1.165) is 14.8 Å². The second-order valence-electron chi connectivity index (χ2n) is 5.16. The van der Waals surface area contributed by atoms with Crippen LogP contribution in [0.2, 0.25) is 0 Å². The van der Waals surface area contributed by atoms with Crippen LogP contribution in [0.3, 0.4) is 0 Å². The van der Waals surface area contributed by atoms with Crippen molar-refractivity contribution in [1.82, 2.24) is 10.9 Å². The number of amides is 1. The van der Waals surface area contributed by atoms with Gasteiger partial charge in [-0.1, -0.05) is 12.1 Å². The Morgan fingerprint density at radius 1 is 1.14 bits per heavy atom. The van der Waals surface area contributed by atoms with Crippen molar-refractivity contribution in [3.8, 4) is 0 Å². The Balaban J connectivity index is 1.73. The molecule has 2 atom stereocenters. The number of hydrogen-bond acceptors (Lipinski definition) is 3. The quantitative estimate of drug-likeness (QED) is 0.682. The first-order valence-electron chi connectivity index (χ1n) is 6.94. The van der Waals surface area contributed by atoms with Crippen LogP contribution < -0.4 is 16.2 Å². The summed E-state index contributed by atoms with van der Waals surface area (Å²) in [6, 6.07) is 13.7. The Bertz CT molecular complexity index is 660. The fourth-order valence-electron chi connectivity index (χ4n) is 2.50. The first-order valence-corrected chi connectivity index (χ1v) is 8.01. The molecule has 0 aromatic heterocycles. The molecule has 3 N–H and O–H groups in total. The number of carbonyl (C=O) groups excluding carboxylic acids is 1. The first-order chi connectivity index (χ1) is 10.6. The fraction of sp³-hybridized carbons (Fsp3) is 0.188. The van der Waals surface area contributed by atoms with Crippen LogP contribution in [0.5, 0.6) is 0 Å². The number of hydrogen-bond donors (Lipinski definition) is 3. The third kappa shape index (κ3) is 3.45. The third-order valence-corrected chi connectivity index (χ3v) is 4.38. The van der Waals surface area contributed by atoms with E-state index in [4.69, 9.17) is 0 Å². The highest BCUT2D eigenvalue weighted by molar-refractivity contribution is 14.1. The normalized spacial score (nSPS) is 20.8. The van der Waals surface area contributed by atoms with E-state index in [2.05, 4.69) is 38.8 Å². The van der Waals surface area contributed by atoms with Crippen molar-refractivity contribution in [2.24, 2.45) is 5.92 Å². The maximum atomic E-state index is 13.0. The predicted molar refractivity (Wildman–Crippen MR) is 91.6 cm³/mol. The van der Waals surface area contributed by atoms with Crippen LogP contribution in [0.25, 0.3) is 0 Å². The average Bonchev–Trinajstić information content (AvgIpc) is 3.00. The van der Waals surface area contributed by atoms with Crippen molar-refractivity contribution < 1.29 is 9.18 Å². The molecule has 3 rings (SSSR count). The molecule has 22 heavy (non-hydrogen) atoms. The molecule has 2 unspecified atom stereocenters. The minimum Gasteiger partial charge on any atom is -0.326 e. The van der Waals surface area contributed by atoms with E-state index in [1.165, 1.54) is 12.1 Å². The molecular weight excluding hydrogens is 396 g/mol. The first kappa shape index (κ1) is 15.4. The summed E-state index contributed by atoms with van der Waals surface area (Å²) in [4.78, 5) is 12.5. The number of nitrogens with one attached hydrogen (secondary N) is 3. The standard InChI is InChI=1S/C16H15FIN3O/c17-11-3-1-10(2-4-11)15-14(9-19-21-15)16(22)20-13-7-5-12(18)6-8-13/h1-8,14-15,19,21H,9H2,(H,20,22). The molecule has 0 spiro atoms. The zero-order chi connectivity index (χ0) is 15.5. The van der Waals surface area contributed by atoms with Crippen LogP contribution in [0, 0.1) is 15.3 Å². The monoisotopic (exact) mass is 411 g/mol. The lowest BCUT2D eigenvalue weighted by atomic mass is 9.94. The molecular formula is C16H15FIN3O. The predicted octanol–water partition coefficient (Wildman–Crippen LogP) is 2.83. The Morgan fingerprint density at radius 2 is 1.82 bits per heavy atom. The van der Waals surface area contributed by atoms with Gasteiger partial charge in [-0.2, -0.15) is 0 Å². The molecule has 2 aromatic carbocycles. The van der Waals surface area contributed by atoms with Crippen molar-refractivity contribution in [2.45, 2.75) is 6.04 Å². The van der Waals surface area contributed by atoms with Gasteiger partial charge in [-0.05, 0) is 64.6 Å². The lowest BCUT2D eigenvalue weighted by Crippen LogP contribution is -2.29. The summed E-state index contributed by atoms with van der Waals surface area (Å²) in [5.41, 5.74) is 7.75. The maximum Gasteiger partial charge on any atom is 0.230 e. The third-order valence-electron chi connectivity index (χ3n) is 3.66. The molecule has 2 aromatic rings. The zero-order valence-electron chi connectivity index (χ0n) is 11.6. The molecule has 0 bridgehead atoms. The molecule has 0 radical (unpaired) electrons. The van der Waals surface area contributed by atoms with E-state index in [0.29, 0.717) is 6.54 Å². The molecule has 1 heterocycles. The molecule has 114 valence electrons. The van der Waals surface area contributed by atoms with Crippen molar-refractivity contribution in [2.75, 3.05) is 11.9 Å². The van der Waals surface area contributed by atoms with E-state index < -0.39 is 0 Å². The number of benzene rings is 2. The van der Waals surface area contributed by atoms with Gasteiger partial charge < -0.3 is 5.32 Å². The Hall–Kier alpha value is -1.51. The van der Waals surface area contributed by atoms with E-state index in [1.54, 1.807) is 12.1 Å². The average molecular weight is 411 g/mol. The molecule has 1 saturated heterocycles. The van der Waals surface area contributed by atoms with Crippen molar-refractivity contribution in [3.05, 3.63) is 63.5 Å². The minimum absolute atomic E-state index is 0.0620. The van der Waals surface area contributed by atoms with Crippen molar-refractivity contribution in [1.29, 1.82) is 0 Å². The van der Waals surface area contributed by atoms with Crippen molar-refractivity contribution in [3.63, 3.8) is 0 Å². The van der Waals surface area contributed by atoms with Crippen molar-refractivity contribution >= 4 is 34.2 Å². The lowest BCUT2D eigenvalue weighted by Gasteiger charge is -2.18. The topological polar surface area (TPSA) is 53.2 Å². The second-order valence-corrected chi connectivity index (χ2v) is 6.40. The van der Waals surface area contributed by atoms with E-state index >= 15 is 0 Å². The molecule has 1 aliphatic rings. The van der Waals surface area contributed by atoms with Crippen LogP contribution >= 0.6 is 22.6 Å². The molecule has 0 aliphatic carbocycles. The number of hydrazine groups is 1.